The van der Waals surface area contributed by atoms with Gasteiger partial charge in [0.1, 0.15) is 15.7 Å². The lowest BCUT2D eigenvalue weighted by molar-refractivity contribution is -0.130. The molecular formula is C22H25N3O4S3. The number of methoxy groups -OCH3 is 1. The number of fused-ring (bicyclic) bond motifs is 1. The number of amides is 1. The second-order valence-corrected chi connectivity index (χ2v) is 11.9. The summed E-state index contributed by atoms with van der Waals surface area (Å²) in [5.74, 6) is 0.894. The Labute approximate surface area is 196 Å². The lowest BCUT2D eigenvalue weighted by Gasteiger charge is -2.28. The van der Waals surface area contributed by atoms with E-state index in [1.165, 1.54) is 11.8 Å². The summed E-state index contributed by atoms with van der Waals surface area (Å²) < 4.78 is 29.0. The Hall–Kier alpha value is -2.01. The summed E-state index contributed by atoms with van der Waals surface area (Å²) in [5, 5.41) is 1.70. The fourth-order valence-corrected chi connectivity index (χ4v) is 7.60. The highest BCUT2D eigenvalue weighted by atomic mass is 32.2. The predicted octanol–water partition coefficient (Wildman–Crippen LogP) is 3.42. The predicted molar refractivity (Wildman–Crippen MR) is 129 cm³/mol. The van der Waals surface area contributed by atoms with E-state index in [-0.39, 0.29) is 29.2 Å². The average molecular weight is 492 g/mol. The van der Waals surface area contributed by atoms with Crippen molar-refractivity contribution in [1.82, 2.24) is 14.9 Å². The summed E-state index contributed by atoms with van der Waals surface area (Å²) in [7, 11) is -1.51. The SMILES string of the molecule is COCCN(C(=O)CSc1nc(C)nc2sc(-c3ccccc3)cc12)C1CCS(=O)(=O)C1. The standard InChI is InChI=1S/C22H25N3O4S3/c1-15-23-21(18-12-19(31-22(18)24-15)16-6-4-3-5-7-16)30-13-20(26)25(9-10-29-2)17-8-11-32(27,28)14-17/h3-7,12,17H,8-11,13-14H2,1-2H3. The molecule has 1 saturated heterocycles. The summed E-state index contributed by atoms with van der Waals surface area (Å²) >= 11 is 2.98. The smallest absolute Gasteiger partial charge is 0.233 e. The summed E-state index contributed by atoms with van der Waals surface area (Å²) in [4.78, 5) is 25.9. The minimum atomic E-state index is -3.08. The molecule has 3 aromatic rings. The van der Waals surface area contributed by atoms with Crippen molar-refractivity contribution in [2.75, 3.05) is 37.5 Å². The van der Waals surface area contributed by atoms with Crippen molar-refractivity contribution in [3.8, 4) is 10.4 Å². The number of ether oxygens (including phenoxy) is 1. The van der Waals surface area contributed by atoms with Gasteiger partial charge in [0.05, 0.1) is 23.9 Å². The van der Waals surface area contributed by atoms with Gasteiger partial charge in [0.25, 0.3) is 0 Å². The number of nitrogens with zero attached hydrogens (tertiary/aromatic N) is 3. The normalized spacial score (nSPS) is 17.6. The summed E-state index contributed by atoms with van der Waals surface area (Å²) in [6, 6.07) is 11.9. The molecule has 1 amide bonds. The molecule has 1 atom stereocenters. The summed E-state index contributed by atoms with van der Waals surface area (Å²) in [6.07, 6.45) is 0.476. The fraction of sp³-hybridized carbons (Fsp3) is 0.409. The first-order valence-electron chi connectivity index (χ1n) is 10.3. The van der Waals surface area contributed by atoms with Crippen molar-refractivity contribution >= 4 is 49.1 Å². The van der Waals surface area contributed by atoms with Crippen LogP contribution in [0.5, 0.6) is 0 Å². The minimum Gasteiger partial charge on any atom is -0.383 e. The van der Waals surface area contributed by atoms with Gasteiger partial charge in [-0.25, -0.2) is 18.4 Å². The molecule has 32 heavy (non-hydrogen) atoms. The number of aromatic nitrogens is 2. The van der Waals surface area contributed by atoms with Crippen LogP contribution in [-0.2, 0) is 19.4 Å². The fourth-order valence-electron chi connectivity index (χ4n) is 3.79. The molecule has 0 N–H and O–H groups in total. The van der Waals surface area contributed by atoms with Gasteiger partial charge in [0.2, 0.25) is 5.91 Å². The molecule has 1 unspecified atom stereocenters. The van der Waals surface area contributed by atoms with Crippen molar-refractivity contribution < 1.29 is 17.9 Å². The van der Waals surface area contributed by atoms with Gasteiger partial charge >= 0.3 is 0 Å². The third-order valence-corrected chi connectivity index (χ3v) is 9.17. The number of hydrogen-bond acceptors (Lipinski definition) is 8. The Kier molecular flexibility index (Phi) is 7.14. The molecular weight excluding hydrogens is 466 g/mol. The van der Waals surface area contributed by atoms with E-state index < -0.39 is 9.84 Å². The Morgan fingerprint density at radius 1 is 1.28 bits per heavy atom. The number of hydrogen-bond donors (Lipinski definition) is 0. The Bertz CT molecular complexity index is 1210. The molecule has 4 rings (SSSR count). The van der Waals surface area contributed by atoms with Gasteiger partial charge in [-0.1, -0.05) is 42.1 Å². The monoisotopic (exact) mass is 491 g/mol. The van der Waals surface area contributed by atoms with Crippen molar-refractivity contribution in [2.24, 2.45) is 0 Å². The molecule has 0 radical (unpaired) electrons. The second kappa shape index (κ2) is 9.86. The summed E-state index contributed by atoms with van der Waals surface area (Å²) in [6.45, 7) is 2.60. The zero-order valence-electron chi connectivity index (χ0n) is 18.0. The quantitative estimate of drug-likeness (QED) is 0.352. The van der Waals surface area contributed by atoms with Gasteiger partial charge in [-0.2, -0.15) is 0 Å². The zero-order chi connectivity index (χ0) is 22.7. The Balaban J connectivity index is 1.54. The van der Waals surface area contributed by atoms with Crippen LogP contribution in [0.3, 0.4) is 0 Å². The van der Waals surface area contributed by atoms with Crippen LogP contribution < -0.4 is 0 Å². The van der Waals surface area contributed by atoms with Crippen LogP contribution in [0.25, 0.3) is 20.7 Å². The van der Waals surface area contributed by atoms with Crippen LogP contribution in [0.1, 0.15) is 12.2 Å². The Morgan fingerprint density at radius 2 is 2.06 bits per heavy atom. The topological polar surface area (TPSA) is 89.5 Å². The zero-order valence-corrected chi connectivity index (χ0v) is 20.4. The van der Waals surface area contributed by atoms with E-state index >= 15 is 0 Å². The van der Waals surface area contributed by atoms with Crippen molar-refractivity contribution in [3.63, 3.8) is 0 Å². The first-order valence-corrected chi connectivity index (χ1v) is 13.9. The van der Waals surface area contributed by atoms with E-state index in [0.29, 0.717) is 25.4 Å². The molecule has 170 valence electrons. The molecule has 1 aromatic carbocycles. The summed E-state index contributed by atoms with van der Waals surface area (Å²) in [5.41, 5.74) is 1.12. The maximum Gasteiger partial charge on any atom is 0.233 e. The molecule has 0 aliphatic carbocycles. The largest absolute Gasteiger partial charge is 0.383 e. The van der Waals surface area contributed by atoms with E-state index in [0.717, 1.165) is 25.7 Å². The van der Waals surface area contributed by atoms with Crippen LogP contribution >= 0.6 is 23.1 Å². The highest BCUT2D eigenvalue weighted by molar-refractivity contribution is 8.00. The van der Waals surface area contributed by atoms with Crippen LogP contribution in [0.15, 0.2) is 41.4 Å². The van der Waals surface area contributed by atoms with E-state index in [1.54, 1.807) is 23.3 Å². The molecule has 0 spiro atoms. The molecule has 0 saturated carbocycles. The van der Waals surface area contributed by atoms with Gasteiger partial charge < -0.3 is 9.64 Å². The van der Waals surface area contributed by atoms with E-state index in [4.69, 9.17) is 4.74 Å². The minimum absolute atomic E-state index is 0.0228. The number of sulfone groups is 1. The number of aryl methyl sites for hydroxylation is 1. The molecule has 1 aliphatic heterocycles. The molecule has 2 aromatic heterocycles. The number of carbonyl (C=O) groups excluding carboxylic acids is 1. The van der Waals surface area contributed by atoms with Crippen LogP contribution in [0.4, 0.5) is 0 Å². The van der Waals surface area contributed by atoms with Crippen molar-refractivity contribution in [1.29, 1.82) is 0 Å². The maximum atomic E-state index is 13.1. The maximum absolute atomic E-state index is 13.1. The van der Waals surface area contributed by atoms with Crippen molar-refractivity contribution in [3.05, 3.63) is 42.2 Å². The van der Waals surface area contributed by atoms with Gasteiger partial charge in [0, 0.05) is 30.0 Å². The lowest BCUT2D eigenvalue weighted by Crippen LogP contribution is -2.44. The van der Waals surface area contributed by atoms with E-state index in [9.17, 15) is 13.2 Å². The number of carbonyl (C=O) groups is 1. The second-order valence-electron chi connectivity index (χ2n) is 7.70. The third kappa shape index (κ3) is 5.31. The van der Waals surface area contributed by atoms with Gasteiger partial charge in [-0.05, 0) is 25.0 Å². The highest BCUT2D eigenvalue weighted by Gasteiger charge is 2.34. The number of benzene rings is 1. The number of rotatable bonds is 8. The third-order valence-electron chi connectivity index (χ3n) is 5.37. The molecule has 1 fully saturated rings. The molecule has 3 heterocycles. The molecule has 1 aliphatic rings. The first-order chi connectivity index (χ1) is 15.4. The van der Waals surface area contributed by atoms with E-state index in [1.807, 2.05) is 25.1 Å². The van der Waals surface area contributed by atoms with Gasteiger partial charge in [0.15, 0.2) is 9.84 Å². The first kappa shape index (κ1) is 23.2. The molecule has 0 bridgehead atoms. The van der Waals surface area contributed by atoms with Crippen LogP contribution in [-0.4, -0.2) is 72.8 Å². The average Bonchev–Trinajstić information content (AvgIpc) is 3.36. The van der Waals surface area contributed by atoms with Crippen molar-refractivity contribution in [2.45, 2.75) is 24.4 Å². The van der Waals surface area contributed by atoms with Gasteiger partial charge in [-0.3, -0.25) is 4.79 Å². The Morgan fingerprint density at radius 3 is 2.75 bits per heavy atom. The van der Waals surface area contributed by atoms with Crippen LogP contribution in [0, 0.1) is 6.92 Å². The number of thioether (sulfide) groups is 1. The lowest BCUT2D eigenvalue weighted by atomic mass is 10.2. The molecule has 10 heteroatoms. The van der Waals surface area contributed by atoms with Crippen LogP contribution in [0.2, 0.25) is 0 Å². The van der Waals surface area contributed by atoms with Gasteiger partial charge in [-0.15, -0.1) is 11.3 Å². The van der Waals surface area contributed by atoms with E-state index in [2.05, 4.69) is 28.2 Å². The number of thiophene rings is 1. The highest BCUT2D eigenvalue weighted by Crippen LogP contribution is 2.36. The molecule has 7 nitrogen and oxygen atoms in total.